The van der Waals surface area contributed by atoms with Gasteiger partial charge in [-0.2, -0.15) is 5.10 Å². The monoisotopic (exact) mass is 234 g/mol. The van der Waals surface area contributed by atoms with Crippen LogP contribution >= 0.6 is 0 Å². The number of rotatable bonds is 2. The number of hydrazone groups is 1. The van der Waals surface area contributed by atoms with Gasteiger partial charge in [0.2, 0.25) is 5.96 Å². The van der Waals surface area contributed by atoms with Crippen LogP contribution in [0, 0.1) is 5.82 Å². The Balaban J connectivity index is 2.01. The number of benzene rings is 1. The van der Waals surface area contributed by atoms with E-state index in [-0.39, 0.29) is 5.82 Å². The molecule has 1 aromatic carbocycles. The molecular formula is C12H15FN4. The number of nitrogens with one attached hydrogen (secondary N) is 2. The van der Waals surface area contributed by atoms with Crippen molar-refractivity contribution in [3.8, 4) is 0 Å². The van der Waals surface area contributed by atoms with Crippen molar-refractivity contribution >= 4 is 11.7 Å². The highest BCUT2D eigenvalue weighted by molar-refractivity contribution is 5.99. The second kappa shape index (κ2) is 5.43. The van der Waals surface area contributed by atoms with Crippen LogP contribution in [0.5, 0.6) is 0 Å². The molecular weight excluding hydrogens is 219 g/mol. The third kappa shape index (κ3) is 3.27. The first-order chi connectivity index (χ1) is 8.25. The molecule has 4 nitrogen and oxygen atoms in total. The summed E-state index contributed by atoms with van der Waals surface area (Å²) in [6.45, 7) is 3.60. The minimum absolute atomic E-state index is 0.243. The molecule has 0 atom stereocenters. The maximum atomic E-state index is 12.7. The molecule has 0 spiro atoms. The van der Waals surface area contributed by atoms with Crippen molar-refractivity contribution in [2.75, 3.05) is 13.1 Å². The average Bonchev–Trinajstić information content (AvgIpc) is 2.38. The van der Waals surface area contributed by atoms with Crippen molar-refractivity contribution in [1.82, 2.24) is 10.7 Å². The van der Waals surface area contributed by atoms with E-state index in [9.17, 15) is 4.39 Å². The lowest BCUT2D eigenvalue weighted by atomic mass is 10.1. The van der Waals surface area contributed by atoms with E-state index < -0.39 is 0 Å². The Kier molecular flexibility index (Phi) is 3.69. The smallest absolute Gasteiger partial charge is 0.212 e. The van der Waals surface area contributed by atoms with Crippen LogP contribution in [0.2, 0.25) is 0 Å². The zero-order chi connectivity index (χ0) is 12.1. The maximum absolute atomic E-state index is 12.7. The average molecular weight is 234 g/mol. The van der Waals surface area contributed by atoms with Gasteiger partial charge in [0.15, 0.2) is 0 Å². The number of guanidine groups is 1. The van der Waals surface area contributed by atoms with Crippen molar-refractivity contribution in [3.63, 3.8) is 0 Å². The van der Waals surface area contributed by atoms with E-state index >= 15 is 0 Å². The van der Waals surface area contributed by atoms with Crippen molar-refractivity contribution in [1.29, 1.82) is 0 Å². The van der Waals surface area contributed by atoms with Gasteiger partial charge in [-0.25, -0.2) is 9.82 Å². The standard InChI is InChI=1S/C12H15FN4/c1-9(10-3-5-11(13)6-4-10)16-17-12-14-7-2-8-15-12/h3-6H,2,7-8H2,1H3,(H2,14,15,17)/b16-9+. The number of nitrogens with zero attached hydrogens (tertiary/aromatic N) is 2. The predicted molar refractivity (Wildman–Crippen MR) is 66.7 cm³/mol. The molecule has 0 radical (unpaired) electrons. The van der Waals surface area contributed by atoms with Crippen molar-refractivity contribution in [3.05, 3.63) is 35.6 Å². The van der Waals surface area contributed by atoms with E-state index in [0.29, 0.717) is 5.96 Å². The lowest BCUT2D eigenvalue weighted by Gasteiger charge is -2.13. The number of halogens is 1. The highest BCUT2D eigenvalue weighted by Gasteiger charge is 2.02. The summed E-state index contributed by atoms with van der Waals surface area (Å²) >= 11 is 0. The number of aliphatic imine (C=N–C) groups is 1. The van der Waals surface area contributed by atoms with Gasteiger partial charge in [-0.1, -0.05) is 12.1 Å². The Bertz CT molecular complexity index is 436. The predicted octanol–water partition coefficient (Wildman–Crippen LogP) is 1.49. The molecule has 17 heavy (non-hydrogen) atoms. The molecule has 0 aromatic heterocycles. The first kappa shape index (κ1) is 11.6. The Morgan fingerprint density at radius 3 is 2.82 bits per heavy atom. The summed E-state index contributed by atoms with van der Waals surface area (Å²) in [5.74, 6) is 0.450. The van der Waals surface area contributed by atoms with Crippen molar-refractivity contribution in [2.24, 2.45) is 10.1 Å². The fourth-order valence-electron chi connectivity index (χ4n) is 1.50. The van der Waals surface area contributed by atoms with Crippen LogP contribution < -0.4 is 10.7 Å². The molecule has 0 unspecified atom stereocenters. The van der Waals surface area contributed by atoms with Crippen LogP contribution in [-0.4, -0.2) is 24.8 Å². The molecule has 2 N–H and O–H groups in total. The van der Waals surface area contributed by atoms with E-state index in [4.69, 9.17) is 0 Å². The zero-order valence-corrected chi connectivity index (χ0v) is 9.70. The maximum Gasteiger partial charge on any atom is 0.212 e. The Morgan fingerprint density at radius 1 is 1.41 bits per heavy atom. The normalized spacial score (nSPS) is 16.1. The van der Waals surface area contributed by atoms with Crippen molar-refractivity contribution < 1.29 is 4.39 Å². The van der Waals surface area contributed by atoms with Gasteiger partial charge >= 0.3 is 0 Å². The van der Waals surface area contributed by atoms with Gasteiger partial charge < -0.3 is 5.32 Å². The molecule has 0 saturated carbocycles. The lowest BCUT2D eigenvalue weighted by Crippen LogP contribution is -2.38. The van der Waals surface area contributed by atoms with E-state index in [1.165, 1.54) is 12.1 Å². The van der Waals surface area contributed by atoms with Crippen LogP contribution in [0.3, 0.4) is 0 Å². The summed E-state index contributed by atoms with van der Waals surface area (Å²) in [4.78, 5) is 4.24. The van der Waals surface area contributed by atoms with Crippen LogP contribution in [0.15, 0.2) is 34.4 Å². The largest absolute Gasteiger partial charge is 0.355 e. The number of hydrogen-bond acceptors (Lipinski definition) is 4. The van der Waals surface area contributed by atoms with Gasteiger partial charge in [-0.05, 0) is 31.0 Å². The fraction of sp³-hybridized carbons (Fsp3) is 0.333. The molecule has 90 valence electrons. The summed E-state index contributed by atoms with van der Waals surface area (Å²) in [5, 5.41) is 7.31. The SMILES string of the molecule is C/C(=N\NC1=NCCCN1)c1ccc(F)cc1. The summed E-state index contributed by atoms with van der Waals surface area (Å²) in [5.41, 5.74) is 4.54. The fourth-order valence-corrected chi connectivity index (χ4v) is 1.50. The van der Waals surface area contributed by atoms with Gasteiger partial charge in [0.25, 0.3) is 0 Å². The van der Waals surface area contributed by atoms with E-state index in [1.54, 1.807) is 12.1 Å². The molecule has 0 bridgehead atoms. The minimum atomic E-state index is -0.243. The summed E-state index contributed by atoms with van der Waals surface area (Å²) in [6, 6.07) is 6.24. The quantitative estimate of drug-likeness (QED) is 0.601. The van der Waals surface area contributed by atoms with Crippen LogP contribution in [-0.2, 0) is 0 Å². The topological polar surface area (TPSA) is 48.8 Å². The van der Waals surface area contributed by atoms with Gasteiger partial charge in [-0.3, -0.25) is 4.99 Å². The van der Waals surface area contributed by atoms with Gasteiger partial charge in [0.1, 0.15) is 5.82 Å². The molecule has 0 amide bonds. The molecule has 0 saturated heterocycles. The molecule has 1 heterocycles. The molecule has 0 aliphatic carbocycles. The van der Waals surface area contributed by atoms with E-state index in [2.05, 4.69) is 20.8 Å². The highest BCUT2D eigenvalue weighted by Crippen LogP contribution is 2.03. The third-order valence-electron chi connectivity index (χ3n) is 2.49. The second-order valence-corrected chi connectivity index (χ2v) is 3.83. The zero-order valence-electron chi connectivity index (χ0n) is 9.70. The Labute approximate surface area is 99.6 Å². The van der Waals surface area contributed by atoms with E-state index in [0.717, 1.165) is 30.8 Å². The van der Waals surface area contributed by atoms with Gasteiger partial charge in [0, 0.05) is 13.1 Å². The molecule has 0 fully saturated rings. The van der Waals surface area contributed by atoms with Crippen LogP contribution in [0.1, 0.15) is 18.9 Å². The van der Waals surface area contributed by atoms with Crippen LogP contribution in [0.25, 0.3) is 0 Å². The third-order valence-corrected chi connectivity index (χ3v) is 2.49. The van der Waals surface area contributed by atoms with Crippen molar-refractivity contribution in [2.45, 2.75) is 13.3 Å². The Hall–Kier alpha value is -1.91. The van der Waals surface area contributed by atoms with Gasteiger partial charge in [0.05, 0.1) is 5.71 Å². The first-order valence-corrected chi connectivity index (χ1v) is 5.60. The minimum Gasteiger partial charge on any atom is -0.355 e. The molecule has 1 aromatic rings. The summed E-state index contributed by atoms with van der Waals surface area (Å²) < 4.78 is 12.7. The first-order valence-electron chi connectivity index (χ1n) is 5.60. The molecule has 1 aliphatic rings. The van der Waals surface area contributed by atoms with Crippen LogP contribution in [0.4, 0.5) is 4.39 Å². The molecule has 1 aliphatic heterocycles. The van der Waals surface area contributed by atoms with E-state index in [1.807, 2.05) is 6.92 Å². The second-order valence-electron chi connectivity index (χ2n) is 3.83. The molecule has 2 rings (SSSR count). The Morgan fingerprint density at radius 2 is 2.18 bits per heavy atom. The van der Waals surface area contributed by atoms with Gasteiger partial charge in [-0.15, -0.1) is 0 Å². The molecule has 5 heteroatoms. The number of hydrogen-bond donors (Lipinski definition) is 2. The summed E-state index contributed by atoms with van der Waals surface area (Å²) in [6.07, 6.45) is 1.05. The lowest BCUT2D eigenvalue weighted by molar-refractivity contribution is 0.627. The highest BCUT2D eigenvalue weighted by atomic mass is 19.1. The summed E-state index contributed by atoms with van der Waals surface area (Å²) in [7, 11) is 0.